The van der Waals surface area contributed by atoms with Gasteiger partial charge in [0.15, 0.2) is 5.82 Å². The summed E-state index contributed by atoms with van der Waals surface area (Å²) in [5, 5.41) is 17.8. The minimum atomic E-state index is -0.690. The summed E-state index contributed by atoms with van der Waals surface area (Å²) in [4.78, 5) is 34.2. The number of aromatic nitrogens is 4. The lowest BCUT2D eigenvalue weighted by Gasteiger charge is -2.09. The van der Waals surface area contributed by atoms with Crippen LogP contribution in [0.2, 0.25) is 0 Å². The van der Waals surface area contributed by atoms with E-state index in [4.69, 9.17) is 4.52 Å². The number of rotatable bonds is 6. The maximum atomic E-state index is 12.0. The van der Waals surface area contributed by atoms with Crippen molar-refractivity contribution in [3.05, 3.63) is 58.4 Å². The smallest absolute Gasteiger partial charge is 0.355 e. The minimum Gasteiger partial charge on any atom is -0.360 e. The molecule has 0 radical (unpaired) electrons. The molecular weight excluding hydrogens is 344 g/mol. The first-order valence-corrected chi connectivity index (χ1v) is 7.21. The Morgan fingerprint density at radius 1 is 1.23 bits per heavy atom. The second-order valence-electron chi connectivity index (χ2n) is 4.92. The van der Waals surface area contributed by atoms with E-state index in [1.807, 2.05) is 0 Å². The highest BCUT2D eigenvalue weighted by Gasteiger charge is 2.24. The number of nitro groups is 1. The number of nitrogens with zero attached hydrogens (tertiary/aromatic N) is 5. The second kappa shape index (κ2) is 7.21. The van der Waals surface area contributed by atoms with Crippen molar-refractivity contribution in [1.82, 2.24) is 25.5 Å². The van der Waals surface area contributed by atoms with Crippen molar-refractivity contribution in [2.24, 2.45) is 0 Å². The van der Waals surface area contributed by atoms with Gasteiger partial charge in [-0.15, -0.1) is 0 Å². The van der Waals surface area contributed by atoms with Gasteiger partial charge >= 0.3 is 5.69 Å². The maximum Gasteiger partial charge on any atom is 0.355 e. The van der Waals surface area contributed by atoms with Crippen LogP contribution in [-0.4, -0.2) is 30.9 Å². The van der Waals surface area contributed by atoms with Gasteiger partial charge in [-0.05, 0) is 19.1 Å². The molecule has 0 bridgehead atoms. The monoisotopic (exact) mass is 356 g/mol. The quantitative estimate of drug-likeness (QED) is 0.436. The summed E-state index contributed by atoms with van der Waals surface area (Å²) in [5.74, 6) is -0.150. The largest absolute Gasteiger partial charge is 0.360 e. The predicted octanol–water partition coefficient (Wildman–Crippen LogP) is 1.58. The second-order valence-corrected chi connectivity index (χ2v) is 4.92. The van der Waals surface area contributed by atoms with Crippen LogP contribution in [0.4, 0.5) is 23.1 Å². The zero-order valence-electron chi connectivity index (χ0n) is 13.3. The zero-order valence-corrected chi connectivity index (χ0v) is 13.3. The number of aryl methyl sites for hydroxylation is 1. The van der Waals surface area contributed by atoms with Gasteiger partial charge in [-0.2, -0.15) is 0 Å². The molecule has 0 fully saturated rings. The fourth-order valence-corrected chi connectivity index (χ4v) is 1.96. The molecule has 132 valence electrons. The lowest BCUT2D eigenvalue weighted by Crippen LogP contribution is -2.31. The molecule has 0 aliphatic heterocycles. The van der Waals surface area contributed by atoms with Crippen LogP contribution < -0.4 is 16.2 Å². The molecule has 0 aliphatic carbocycles. The molecule has 3 heterocycles. The van der Waals surface area contributed by atoms with Gasteiger partial charge in [-0.1, -0.05) is 11.2 Å². The molecular formula is C14H12N8O4. The summed E-state index contributed by atoms with van der Waals surface area (Å²) < 4.78 is 4.89. The van der Waals surface area contributed by atoms with Crippen LogP contribution in [-0.2, 0) is 0 Å². The number of amides is 1. The Morgan fingerprint density at radius 2 is 2.04 bits per heavy atom. The third-order valence-electron chi connectivity index (χ3n) is 3.07. The third kappa shape index (κ3) is 3.69. The molecule has 0 saturated carbocycles. The van der Waals surface area contributed by atoms with E-state index >= 15 is 0 Å². The summed E-state index contributed by atoms with van der Waals surface area (Å²) in [7, 11) is 0. The Labute approximate surface area is 145 Å². The van der Waals surface area contributed by atoms with Crippen molar-refractivity contribution in [2.75, 3.05) is 10.7 Å². The van der Waals surface area contributed by atoms with E-state index in [9.17, 15) is 14.9 Å². The molecule has 1 amide bonds. The molecule has 0 spiro atoms. The average Bonchev–Trinajstić information content (AvgIpc) is 3.05. The Bertz CT molecular complexity index is 943. The Morgan fingerprint density at radius 3 is 2.69 bits per heavy atom. The molecule has 3 N–H and O–H groups in total. The highest BCUT2D eigenvalue weighted by molar-refractivity contribution is 5.93. The first-order valence-electron chi connectivity index (χ1n) is 7.21. The fraction of sp³-hybridized carbons (Fsp3) is 0.0714. The summed E-state index contributed by atoms with van der Waals surface area (Å²) in [5.41, 5.74) is 4.36. The highest BCUT2D eigenvalue weighted by Crippen LogP contribution is 2.30. The van der Waals surface area contributed by atoms with Crippen molar-refractivity contribution in [3.63, 3.8) is 0 Å². The number of carbonyl (C=O) groups is 1. The van der Waals surface area contributed by atoms with E-state index < -0.39 is 16.5 Å². The van der Waals surface area contributed by atoms with Crippen LogP contribution in [0, 0.1) is 17.0 Å². The number of pyridine rings is 1. The van der Waals surface area contributed by atoms with Gasteiger partial charge in [0.2, 0.25) is 11.6 Å². The summed E-state index contributed by atoms with van der Waals surface area (Å²) >= 11 is 0. The normalized spacial score (nSPS) is 10.2. The van der Waals surface area contributed by atoms with Crippen LogP contribution in [0.5, 0.6) is 0 Å². The molecule has 26 heavy (non-hydrogen) atoms. The zero-order chi connectivity index (χ0) is 18.5. The van der Waals surface area contributed by atoms with E-state index in [0.29, 0.717) is 5.76 Å². The van der Waals surface area contributed by atoms with Gasteiger partial charge in [-0.25, -0.2) is 9.97 Å². The molecule has 3 aromatic heterocycles. The number of hydrogen-bond acceptors (Lipinski definition) is 10. The van der Waals surface area contributed by atoms with Crippen LogP contribution >= 0.6 is 0 Å². The molecule has 0 unspecified atom stereocenters. The Hall–Kier alpha value is -4.09. The minimum absolute atomic E-state index is 0.118. The third-order valence-corrected chi connectivity index (χ3v) is 3.07. The van der Waals surface area contributed by atoms with E-state index in [1.54, 1.807) is 25.1 Å². The van der Waals surface area contributed by atoms with E-state index in [2.05, 4.69) is 36.3 Å². The highest BCUT2D eigenvalue weighted by atomic mass is 16.6. The first kappa shape index (κ1) is 16.8. The van der Waals surface area contributed by atoms with E-state index in [-0.39, 0.29) is 23.1 Å². The standard InChI is InChI=1S/C14H12N8O4/c1-8-6-10(21-26-8)18-12-11(22(24)25)13(17-7-16-12)19-20-14(23)9-4-2-3-5-15-9/h2-7H,1H3,(H,20,23)(H2,16,17,18,19,21). The van der Waals surface area contributed by atoms with Crippen molar-refractivity contribution in [3.8, 4) is 0 Å². The number of nitrogens with one attached hydrogen (secondary N) is 3. The molecule has 0 atom stereocenters. The predicted molar refractivity (Wildman–Crippen MR) is 88.5 cm³/mol. The van der Waals surface area contributed by atoms with E-state index in [0.717, 1.165) is 6.33 Å². The first-order chi connectivity index (χ1) is 12.5. The number of anilines is 3. The van der Waals surface area contributed by atoms with Crippen molar-refractivity contribution in [2.45, 2.75) is 6.92 Å². The summed E-state index contributed by atoms with van der Waals surface area (Å²) in [6.45, 7) is 1.67. The van der Waals surface area contributed by atoms with Gasteiger partial charge in [0.05, 0.1) is 4.92 Å². The molecule has 0 aromatic carbocycles. The van der Waals surface area contributed by atoms with Crippen LogP contribution in [0.15, 0.2) is 41.3 Å². The molecule has 12 nitrogen and oxygen atoms in total. The van der Waals surface area contributed by atoms with Crippen LogP contribution in [0.25, 0.3) is 0 Å². The Balaban J connectivity index is 1.81. The van der Waals surface area contributed by atoms with Crippen LogP contribution in [0.1, 0.15) is 16.2 Å². The van der Waals surface area contributed by atoms with Crippen LogP contribution in [0.3, 0.4) is 0 Å². The average molecular weight is 356 g/mol. The number of carbonyl (C=O) groups excluding carboxylic acids is 1. The van der Waals surface area contributed by atoms with Crippen molar-refractivity contribution in [1.29, 1.82) is 0 Å². The molecule has 3 aromatic rings. The lowest BCUT2D eigenvalue weighted by atomic mass is 10.3. The fourth-order valence-electron chi connectivity index (χ4n) is 1.96. The van der Waals surface area contributed by atoms with Crippen molar-refractivity contribution < 1.29 is 14.2 Å². The van der Waals surface area contributed by atoms with Gasteiger partial charge in [-0.3, -0.25) is 30.7 Å². The van der Waals surface area contributed by atoms with Gasteiger partial charge < -0.3 is 9.84 Å². The SMILES string of the molecule is Cc1cc(Nc2ncnc(NNC(=O)c3ccccn3)c2[N+](=O)[O-])no1. The molecule has 12 heteroatoms. The number of hydrazine groups is 1. The van der Waals surface area contributed by atoms with Gasteiger partial charge in [0.1, 0.15) is 17.8 Å². The van der Waals surface area contributed by atoms with E-state index in [1.165, 1.54) is 12.3 Å². The lowest BCUT2D eigenvalue weighted by molar-refractivity contribution is -0.383. The summed E-state index contributed by atoms with van der Waals surface area (Å²) in [6.07, 6.45) is 2.54. The maximum absolute atomic E-state index is 12.0. The summed E-state index contributed by atoms with van der Waals surface area (Å²) in [6, 6.07) is 6.33. The van der Waals surface area contributed by atoms with Gasteiger partial charge in [0.25, 0.3) is 5.91 Å². The molecule has 0 aliphatic rings. The number of hydrogen-bond donors (Lipinski definition) is 3. The van der Waals surface area contributed by atoms with Crippen molar-refractivity contribution >= 4 is 29.0 Å². The molecule has 0 saturated heterocycles. The van der Waals surface area contributed by atoms with Gasteiger partial charge in [0, 0.05) is 12.3 Å². The topological polar surface area (TPSA) is 161 Å². The molecule has 3 rings (SSSR count). The Kier molecular flexibility index (Phi) is 4.65.